The van der Waals surface area contributed by atoms with Crippen molar-refractivity contribution >= 4 is 11.6 Å². The largest absolute Gasteiger partial charge is 0.416 e. The fraction of sp³-hybridized carbons (Fsp3) is 0.409. The average Bonchev–Trinajstić information content (AvgIpc) is 2.73. The molecular formula is C22H26F3N3O. The quantitative estimate of drug-likeness (QED) is 0.756. The Balaban J connectivity index is 1.53. The van der Waals surface area contributed by atoms with Crippen molar-refractivity contribution in [2.24, 2.45) is 0 Å². The Morgan fingerprint density at radius 2 is 1.59 bits per heavy atom. The number of para-hydroxylation sites is 1. The zero-order valence-corrected chi connectivity index (χ0v) is 16.7. The molecule has 1 fully saturated rings. The average molecular weight is 405 g/mol. The fourth-order valence-electron chi connectivity index (χ4n) is 3.50. The van der Waals surface area contributed by atoms with Crippen LogP contribution in [0.4, 0.5) is 18.9 Å². The number of anilines is 1. The number of carbonyl (C=O) groups excluding carboxylic acids is 1. The molecule has 0 bridgehead atoms. The van der Waals surface area contributed by atoms with Gasteiger partial charge in [-0.3, -0.25) is 9.69 Å². The first-order valence-corrected chi connectivity index (χ1v) is 9.71. The molecule has 1 heterocycles. The van der Waals surface area contributed by atoms with Gasteiger partial charge in [-0.05, 0) is 43.8 Å². The van der Waals surface area contributed by atoms with E-state index in [0.29, 0.717) is 19.6 Å². The molecule has 1 aliphatic heterocycles. The van der Waals surface area contributed by atoms with Crippen LogP contribution < -0.4 is 4.90 Å². The first-order chi connectivity index (χ1) is 13.8. The highest BCUT2D eigenvalue weighted by Gasteiger charge is 2.30. The number of benzene rings is 2. The van der Waals surface area contributed by atoms with Gasteiger partial charge in [0.2, 0.25) is 5.91 Å². The SMILES string of the molecule is CC(C(=O)N1CCN(c2ccccc2)CC1)N(C)Cc1ccc(C(F)(F)F)cc1. The van der Waals surface area contributed by atoms with E-state index in [-0.39, 0.29) is 11.9 Å². The summed E-state index contributed by atoms with van der Waals surface area (Å²) in [7, 11) is 1.82. The van der Waals surface area contributed by atoms with E-state index in [2.05, 4.69) is 17.0 Å². The van der Waals surface area contributed by atoms with Crippen LogP contribution in [0.1, 0.15) is 18.1 Å². The first-order valence-electron chi connectivity index (χ1n) is 9.71. The molecule has 1 saturated heterocycles. The summed E-state index contributed by atoms with van der Waals surface area (Å²) in [5, 5.41) is 0. The number of halogens is 3. The summed E-state index contributed by atoms with van der Waals surface area (Å²) in [4.78, 5) is 18.9. The number of carbonyl (C=O) groups is 1. The molecule has 4 nitrogen and oxygen atoms in total. The third-order valence-electron chi connectivity index (χ3n) is 5.44. The van der Waals surface area contributed by atoms with Gasteiger partial charge in [-0.15, -0.1) is 0 Å². The molecule has 0 spiro atoms. The maximum Gasteiger partial charge on any atom is 0.416 e. The van der Waals surface area contributed by atoms with Gasteiger partial charge >= 0.3 is 6.18 Å². The number of nitrogens with zero attached hydrogens (tertiary/aromatic N) is 3. The van der Waals surface area contributed by atoms with Gasteiger partial charge in [0.25, 0.3) is 0 Å². The van der Waals surface area contributed by atoms with Crippen molar-refractivity contribution in [2.45, 2.75) is 25.7 Å². The highest BCUT2D eigenvalue weighted by molar-refractivity contribution is 5.81. The van der Waals surface area contributed by atoms with Gasteiger partial charge in [0, 0.05) is 38.4 Å². The highest BCUT2D eigenvalue weighted by Crippen LogP contribution is 2.29. The van der Waals surface area contributed by atoms with E-state index in [0.717, 1.165) is 36.5 Å². The summed E-state index contributed by atoms with van der Waals surface area (Å²) in [5.74, 6) is 0.0483. The van der Waals surface area contributed by atoms with Crippen molar-refractivity contribution < 1.29 is 18.0 Å². The normalized spacial score (nSPS) is 16.2. The van der Waals surface area contributed by atoms with E-state index in [1.54, 1.807) is 0 Å². The summed E-state index contributed by atoms with van der Waals surface area (Å²) >= 11 is 0. The Bertz CT molecular complexity index is 800. The number of amides is 1. The summed E-state index contributed by atoms with van der Waals surface area (Å²) in [6.07, 6.45) is -4.34. The smallest absolute Gasteiger partial charge is 0.368 e. The van der Waals surface area contributed by atoms with Crippen molar-refractivity contribution in [1.82, 2.24) is 9.80 Å². The lowest BCUT2D eigenvalue weighted by Gasteiger charge is -2.38. The van der Waals surface area contributed by atoms with Gasteiger partial charge < -0.3 is 9.80 Å². The van der Waals surface area contributed by atoms with Crippen molar-refractivity contribution in [3.63, 3.8) is 0 Å². The van der Waals surface area contributed by atoms with Gasteiger partial charge in [0.05, 0.1) is 11.6 Å². The second kappa shape index (κ2) is 8.86. The number of alkyl halides is 3. The van der Waals surface area contributed by atoms with E-state index < -0.39 is 11.7 Å². The predicted molar refractivity (Wildman–Crippen MR) is 108 cm³/mol. The molecule has 7 heteroatoms. The summed E-state index contributed by atoms with van der Waals surface area (Å²) in [6.45, 7) is 5.14. The topological polar surface area (TPSA) is 26.8 Å². The van der Waals surface area contributed by atoms with Crippen LogP contribution in [0, 0.1) is 0 Å². The van der Waals surface area contributed by atoms with Crippen LogP contribution in [0.15, 0.2) is 54.6 Å². The zero-order valence-electron chi connectivity index (χ0n) is 16.7. The molecule has 0 saturated carbocycles. The lowest BCUT2D eigenvalue weighted by atomic mass is 10.1. The van der Waals surface area contributed by atoms with Crippen molar-refractivity contribution in [3.05, 3.63) is 65.7 Å². The van der Waals surface area contributed by atoms with Crippen molar-refractivity contribution in [3.8, 4) is 0 Å². The van der Waals surface area contributed by atoms with Crippen LogP contribution in [0.2, 0.25) is 0 Å². The monoisotopic (exact) mass is 405 g/mol. The van der Waals surface area contributed by atoms with Crippen LogP contribution in [-0.2, 0) is 17.5 Å². The molecule has 0 radical (unpaired) electrons. The molecule has 0 aliphatic carbocycles. The maximum atomic E-state index is 12.9. The molecule has 1 unspecified atom stereocenters. The molecule has 1 amide bonds. The first kappa shape index (κ1) is 21.2. The number of hydrogen-bond donors (Lipinski definition) is 0. The van der Waals surface area contributed by atoms with Crippen LogP contribution in [0.3, 0.4) is 0 Å². The van der Waals surface area contributed by atoms with Gasteiger partial charge in [0.1, 0.15) is 0 Å². The fourth-order valence-corrected chi connectivity index (χ4v) is 3.50. The number of piperazine rings is 1. The van der Waals surface area contributed by atoms with Crippen LogP contribution >= 0.6 is 0 Å². The molecule has 0 aromatic heterocycles. The molecule has 2 aromatic rings. The van der Waals surface area contributed by atoms with Crippen LogP contribution in [-0.4, -0.2) is 55.0 Å². The second-order valence-corrected chi connectivity index (χ2v) is 7.43. The molecule has 2 aromatic carbocycles. The molecular weight excluding hydrogens is 379 g/mol. The number of rotatable bonds is 5. The molecule has 0 N–H and O–H groups in total. The Labute approximate surface area is 169 Å². The predicted octanol–water partition coefficient (Wildman–Crippen LogP) is 3.87. The minimum atomic E-state index is -4.34. The minimum absolute atomic E-state index is 0.0483. The Morgan fingerprint density at radius 1 is 1.00 bits per heavy atom. The zero-order chi connectivity index (χ0) is 21.0. The lowest BCUT2D eigenvalue weighted by molar-refractivity contribution is -0.137. The van der Waals surface area contributed by atoms with Crippen molar-refractivity contribution in [1.29, 1.82) is 0 Å². The molecule has 29 heavy (non-hydrogen) atoms. The standard InChI is InChI=1S/C22H26F3N3O/c1-17(26(2)16-18-8-10-19(11-9-18)22(23,24)25)21(29)28-14-12-27(13-15-28)20-6-4-3-5-7-20/h3-11,17H,12-16H2,1-2H3. The Morgan fingerprint density at radius 3 is 2.14 bits per heavy atom. The maximum absolute atomic E-state index is 12.9. The van der Waals surface area contributed by atoms with Gasteiger partial charge in [0.15, 0.2) is 0 Å². The van der Waals surface area contributed by atoms with Gasteiger partial charge in [-0.1, -0.05) is 30.3 Å². The third kappa shape index (κ3) is 5.29. The Kier molecular flexibility index (Phi) is 6.47. The van der Waals surface area contributed by atoms with E-state index in [9.17, 15) is 18.0 Å². The van der Waals surface area contributed by atoms with E-state index >= 15 is 0 Å². The van der Waals surface area contributed by atoms with Crippen LogP contribution in [0.25, 0.3) is 0 Å². The number of likely N-dealkylation sites (N-methyl/N-ethyl adjacent to an activating group) is 1. The van der Waals surface area contributed by atoms with E-state index in [4.69, 9.17) is 0 Å². The number of hydrogen-bond acceptors (Lipinski definition) is 3. The summed E-state index contributed by atoms with van der Waals surface area (Å²) < 4.78 is 38.1. The van der Waals surface area contributed by atoms with Gasteiger partial charge in [-0.2, -0.15) is 13.2 Å². The highest BCUT2D eigenvalue weighted by atomic mass is 19.4. The molecule has 3 rings (SSSR count). The van der Waals surface area contributed by atoms with E-state index in [1.165, 1.54) is 12.1 Å². The van der Waals surface area contributed by atoms with E-state index in [1.807, 2.05) is 42.0 Å². The van der Waals surface area contributed by atoms with Crippen LogP contribution in [0.5, 0.6) is 0 Å². The molecule has 1 aliphatic rings. The molecule has 1 atom stereocenters. The molecule has 156 valence electrons. The third-order valence-corrected chi connectivity index (χ3v) is 5.44. The summed E-state index contributed by atoms with van der Waals surface area (Å²) in [6, 6.07) is 14.9. The van der Waals surface area contributed by atoms with Gasteiger partial charge in [-0.25, -0.2) is 0 Å². The van der Waals surface area contributed by atoms with Crippen molar-refractivity contribution in [2.75, 3.05) is 38.1 Å². The summed E-state index contributed by atoms with van der Waals surface area (Å²) in [5.41, 5.74) is 1.24. The lowest BCUT2D eigenvalue weighted by Crippen LogP contribution is -2.53. The minimum Gasteiger partial charge on any atom is -0.368 e. The Hall–Kier alpha value is -2.54. The second-order valence-electron chi connectivity index (χ2n) is 7.43.